The standard InChI is InChI=1S/C47H60F3N5O5/c1-43(2,47(48,49)50)32-53(23-19-46(20-26-59-44(3,4)31-46)34-11-15-35(58-5)16-12-34)29-33-9-13-36(14-10-33)60-37-27-45(28-37)17-21-52(22-18-45)30-40(56)54-24-25-55-41-38(51-42(55)57)7-6-8-39(41)54/h6-16,37H,17-32H2,1-5H3,(H,51,57)/t46-/m1/s1. The maximum atomic E-state index is 14.3. The van der Waals surface area contributed by atoms with Gasteiger partial charge >= 0.3 is 11.9 Å². The lowest BCUT2D eigenvalue weighted by molar-refractivity contribution is -0.217. The molecule has 0 unspecified atom stereocenters. The molecule has 1 saturated carbocycles. The predicted molar refractivity (Wildman–Crippen MR) is 227 cm³/mol. The van der Waals surface area contributed by atoms with E-state index in [0.29, 0.717) is 45.8 Å². The fourth-order valence-electron chi connectivity index (χ4n) is 10.5. The molecule has 13 heteroatoms. The van der Waals surface area contributed by atoms with Crippen LogP contribution in [0.15, 0.2) is 71.5 Å². The second-order valence-electron chi connectivity index (χ2n) is 19.3. The third-order valence-corrected chi connectivity index (χ3v) is 14.0. The molecule has 4 aromatic rings. The topological polar surface area (TPSA) is 92.3 Å². The molecule has 1 aliphatic carbocycles. The number of nitrogens with zero attached hydrogens (tertiary/aromatic N) is 4. The van der Waals surface area contributed by atoms with Crippen molar-refractivity contribution in [3.05, 3.63) is 88.3 Å². The molecule has 3 aliphatic heterocycles. The minimum Gasteiger partial charge on any atom is -0.497 e. The average molecular weight is 832 g/mol. The molecule has 1 aromatic heterocycles. The maximum absolute atomic E-state index is 14.3. The van der Waals surface area contributed by atoms with Crippen LogP contribution in [0.1, 0.15) is 83.8 Å². The van der Waals surface area contributed by atoms with Gasteiger partial charge in [-0.1, -0.05) is 30.3 Å². The second-order valence-corrected chi connectivity index (χ2v) is 19.3. The molecule has 2 saturated heterocycles. The van der Waals surface area contributed by atoms with Gasteiger partial charge in [0, 0.05) is 38.2 Å². The summed E-state index contributed by atoms with van der Waals surface area (Å²) in [6, 6.07) is 21.7. The quantitative estimate of drug-likeness (QED) is 0.145. The summed E-state index contributed by atoms with van der Waals surface area (Å²) >= 11 is 0. The van der Waals surface area contributed by atoms with Crippen LogP contribution >= 0.6 is 0 Å². The van der Waals surface area contributed by atoms with Crippen molar-refractivity contribution in [1.29, 1.82) is 0 Å². The first-order valence-electron chi connectivity index (χ1n) is 21.5. The van der Waals surface area contributed by atoms with Crippen molar-refractivity contribution in [2.45, 2.75) is 109 Å². The highest BCUT2D eigenvalue weighted by Crippen LogP contribution is 2.51. The van der Waals surface area contributed by atoms with E-state index in [1.165, 1.54) is 13.8 Å². The van der Waals surface area contributed by atoms with Crippen molar-refractivity contribution < 1.29 is 32.2 Å². The summed E-state index contributed by atoms with van der Waals surface area (Å²) in [7, 11) is 1.64. The third-order valence-electron chi connectivity index (χ3n) is 14.0. The van der Waals surface area contributed by atoms with Gasteiger partial charge in [0.2, 0.25) is 5.91 Å². The molecular formula is C47H60F3N5O5. The summed E-state index contributed by atoms with van der Waals surface area (Å²) in [6.07, 6.45) is 1.99. The summed E-state index contributed by atoms with van der Waals surface area (Å²) in [5.74, 6) is 1.61. The van der Waals surface area contributed by atoms with Crippen molar-refractivity contribution in [1.82, 2.24) is 19.4 Å². The summed E-state index contributed by atoms with van der Waals surface area (Å²) in [5.41, 5.74) is 2.04. The van der Waals surface area contributed by atoms with Crippen molar-refractivity contribution in [2.24, 2.45) is 10.8 Å². The van der Waals surface area contributed by atoms with Crippen LogP contribution in [0, 0.1) is 10.8 Å². The Morgan fingerprint density at radius 1 is 0.933 bits per heavy atom. The monoisotopic (exact) mass is 831 g/mol. The molecule has 1 amide bonds. The van der Waals surface area contributed by atoms with Crippen LogP contribution in [0.4, 0.5) is 18.9 Å². The summed E-state index contributed by atoms with van der Waals surface area (Å²) in [4.78, 5) is 34.8. The summed E-state index contributed by atoms with van der Waals surface area (Å²) in [6.45, 7) is 11.2. The molecule has 1 spiro atoms. The van der Waals surface area contributed by atoms with Crippen molar-refractivity contribution in [2.75, 3.05) is 57.9 Å². The third kappa shape index (κ3) is 8.72. The minimum absolute atomic E-state index is 0.0599. The number of nitrogens with one attached hydrogen (secondary N) is 1. The first kappa shape index (κ1) is 42.4. The van der Waals surface area contributed by atoms with Crippen molar-refractivity contribution in [3.8, 4) is 11.5 Å². The number of para-hydroxylation sites is 1. The predicted octanol–water partition coefficient (Wildman–Crippen LogP) is 8.32. The number of ether oxygens (including phenoxy) is 3. The van der Waals surface area contributed by atoms with Gasteiger partial charge in [0.1, 0.15) is 11.5 Å². The largest absolute Gasteiger partial charge is 0.497 e. The van der Waals surface area contributed by atoms with Crippen LogP contribution in [0.25, 0.3) is 11.0 Å². The number of likely N-dealkylation sites (tertiary alicyclic amines) is 1. The number of imidazole rings is 1. The number of hydrogen-bond donors (Lipinski definition) is 1. The van der Waals surface area contributed by atoms with E-state index in [1.54, 1.807) is 11.7 Å². The van der Waals surface area contributed by atoms with Gasteiger partial charge in [-0.15, -0.1) is 0 Å². The number of anilines is 1. The van der Waals surface area contributed by atoms with Gasteiger partial charge in [0.25, 0.3) is 0 Å². The smallest absolute Gasteiger partial charge is 0.395 e. The first-order chi connectivity index (χ1) is 28.5. The molecule has 3 fully saturated rings. The lowest BCUT2D eigenvalue weighted by Crippen LogP contribution is -2.53. The number of alkyl halides is 3. The number of rotatable bonds is 13. The molecule has 0 bridgehead atoms. The van der Waals surface area contributed by atoms with Gasteiger partial charge in [-0.25, -0.2) is 4.79 Å². The zero-order valence-electron chi connectivity index (χ0n) is 35.7. The van der Waals surface area contributed by atoms with Gasteiger partial charge in [-0.2, -0.15) is 13.2 Å². The molecule has 324 valence electrons. The number of carbonyl (C=O) groups is 1. The van der Waals surface area contributed by atoms with Gasteiger partial charge in [0.15, 0.2) is 0 Å². The zero-order chi connectivity index (χ0) is 42.5. The zero-order valence-corrected chi connectivity index (χ0v) is 35.7. The number of amides is 1. The van der Waals surface area contributed by atoms with E-state index in [0.717, 1.165) is 91.0 Å². The molecule has 4 aliphatic rings. The van der Waals surface area contributed by atoms with Crippen LogP contribution in [0.2, 0.25) is 0 Å². The van der Waals surface area contributed by atoms with Gasteiger partial charge < -0.3 is 24.1 Å². The van der Waals surface area contributed by atoms with E-state index in [-0.39, 0.29) is 40.7 Å². The van der Waals surface area contributed by atoms with Crippen LogP contribution in [-0.2, 0) is 28.0 Å². The highest BCUT2D eigenvalue weighted by molar-refractivity contribution is 6.03. The molecule has 8 rings (SSSR count). The highest BCUT2D eigenvalue weighted by atomic mass is 19.4. The number of carbonyl (C=O) groups excluding carboxylic acids is 1. The van der Waals surface area contributed by atoms with Crippen LogP contribution in [-0.4, -0.2) is 96.1 Å². The molecule has 10 nitrogen and oxygen atoms in total. The lowest BCUT2D eigenvalue weighted by atomic mass is 9.61. The Bertz CT molecular complexity index is 2200. The molecule has 1 N–H and O–H groups in total. The Morgan fingerprint density at radius 2 is 1.63 bits per heavy atom. The number of piperidine rings is 1. The van der Waals surface area contributed by atoms with Crippen LogP contribution in [0.3, 0.4) is 0 Å². The van der Waals surface area contributed by atoms with Crippen molar-refractivity contribution in [3.63, 3.8) is 0 Å². The number of aromatic nitrogens is 2. The SMILES string of the molecule is COc1ccc([C@]2(CCN(Cc3ccc(OC4CC5(CCN(CC(=O)N6CCn7c(=O)[nH]c8cccc6c87)CC5)C4)cc3)CC(C)(C)C(F)(F)F)CCOC(C)(C)C2)cc1. The molecule has 1 atom stereocenters. The normalized spacial score (nSPS) is 22.0. The first-order valence-corrected chi connectivity index (χ1v) is 21.5. The average Bonchev–Trinajstić information content (AvgIpc) is 3.53. The molecule has 60 heavy (non-hydrogen) atoms. The van der Waals surface area contributed by atoms with Gasteiger partial charge in [-0.3, -0.25) is 19.2 Å². The number of hydrogen-bond acceptors (Lipinski definition) is 7. The number of methoxy groups -OCH3 is 1. The highest BCUT2D eigenvalue weighted by Gasteiger charge is 2.49. The minimum atomic E-state index is -4.34. The van der Waals surface area contributed by atoms with E-state index in [9.17, 15) is 22.8 Å². The number of benzene rings is 3. The lowest BCUT2D eigenvalue weighted by Gasteiger charge is -2.51. The molecule has 3 aromatic carbocycles. The number of H-pyrrole nitrogens is 1. The summed E-state index contributed by atoms with van der Waals surface area (Å²) in [5, 5.41) is 0. The van der Waals surface area contributed by atoms with E-state index < -0.39 is 11.6 Å². The van der Waals surface area contributed by atoms with E-state index >= 15 is 0 Å². The Hall–Kier alpha value is -4.33. The van der Waals surface area contributed by atoms with E-state index in [4.69, 9.17) is 14.2 Å². The molecular weight excluding hydrogens is 772 g/mol. The second kappa shape index (κ2) is 16.2. The number of aromatic amines is 1. The molecule has 4 heterocycles. The van der Waals surface area contributed by atoms with Gasteiger partial charge in [-0.05, 0) is 145 Å². The maximum Gasteiger partial charge on any atom is 0.395 e. The van der Waals surface area contributed by atoms with E-state index in [2.05, 4.69) is 35.9 Å². The Labute approximate surface area is 351 Å². The summed E-state index contributed by atoms with van der Waals surface area (Å²) < 4.78 is 62.6. The fourth-order valence-corrected chi connectivity index (χ4v) is 10.5. The molecule has 0 radical (unpaired) electrons. The Balaban J connectivity index is 0.856. The van der Waals surface area contributed by atoms with E-state index in [1.807, 2.05) is 64.4 Å². The Kier molecular flexibility index (Phi) is 11.4. The van der Waals surface area contributed by atoms with Crippen molar-refractivity contribution >= 4 is 22.6 Å². The fraction of sp³-hybridized carbons (Fsp3) is 0.574. The van der Waals surface area contributed by atoms with Gasteiger partial charge in [0.05, 0.1) is 47.5 Å². The van der Waals surface area contributed by atoms with Crippen LogP contribution < -0.4 is 20.1 Å². The Morgan fingerprint density at radius 3 is 2.30 bits per heavy atom. The van der Waals surface area contributed by atoms with Crippen LogP contribution in [0.5, 0.6) is 11.5 Å². The number of halogens is 3.